The summed E-state index contributed by atoms with van der Waals surface area (Å²) in [4.78, 5) is 4.91. The molecule has 2 fully saturated rings. The predicted octanol–water partition coefficient (Wildman–Crippen LogP) is 5.23. The summed E-state index contributed by atoms with van der Waals surface area (Å²) >= 11 is 0. The van der Waals surface area contributed by atoms with Crippen molar-refractivity contribution < 1.29 is 14.2 Å². The van der Waals surface area contributed by atoms with Crippen molar-refractivity contribution in [2.75, 3.05) is 46.4 Å². The van der Waals surface area contributed by atoms with Gasteiger partial charge in [0.1, 0.15) is 18.0 Å². The Balaban J connectivity index is 1.18. The lowest BCUT2D eigenvalue weighted by molar-refractivity contribution is -0.0698. The zero-order valence-electron chi connectivity index (χ0n) is 19.9. The first-order chi connectivity index (χ1) is 16.8. The molecule has 5 heteroatoms. The molecule has 0 bridgehead atoms. The van der Waals surface area contributed by atoms with E-state index in [1.165, 1.54) is 0 Å². The van der Waals surface area contributed by atoms with Gasteiger partial charge >= 0.3 is 0 Å². The summed E-state index contributed by atoms with van der Waals surface area (Å²) in [6.45, 7) is 6.44. The summed E-state index contributed by atoms with van der Waals surface area (Å²) in [5.41, 5.74) is 3.25. The SMILES string of the molecule is CN1CCN(CCCOc2ccc(C3O[C@@H](c4ccccc4)[C@H](c4ccccc4)O3)cc2)CC1. The van der Waals surface area contributed by atoms with Crippen molar-refractivity contribution >= 4 is 0 Å². The third-order valence-corrected chi connectivity index (χ3v) is 6.71. The van der Waals surface area contributed by atoms with Crippen molar-refractivity contribution in [1.29, 1.82) is 0 Å². The molecule has 178 valence electrons. The summed E-state index contributed by atoms with van der Waals surface area (Å²) in [6.07, 6.45) is 0.317. The van der Waals surface area contributed by atoms with Crippen LogP contribution in [0.4, 0.5) is 0 Å². The van der Waals surface area contributed by atoms with Crippen molar-refractivity contribution in [2.24, 2.45) is 0 Å². The molecule has 0 aromatic heterocycles. The molecule has 0 radical (unpaired) electrons. The fourth-order valence-corrected chi connectivity index (χ4v) is 4.66. The van der Waals surface area contributed by atoms with Gasteiger partial charge in [0.25, 0.3) is 0 Å². The predicted molar refractivity (Wildman–Crippen MR) is 134 cm³/mol. The van der Waals surface area contributed by atoms with Crippen molar-refractivity contribution in [2.45, 2.75) is 24.9 Å². The Morgan fingerprint density at radius 1 is 0.706 bits per heavy atom. The van der Waals surface area contributed by atoms with E-state index in [-0.39, 0.29) is 12.2 Å². The van der Waals surface area contributed by atoms with Gasteiger partial charge in [-0.25, -0.2) is 0 Å². The number of hydrogen-bond acceptors (Lipinski definition) is 5. The molecule has 2 atom stereocenters. The molecule has 0 amide bonds. The maximum atomic E-state index is 6.44. The van der Waals surface area contributed by atoms with Gasteiger partial charge in [-0.1, -0.05) is 72.8 Å². The van der Waals surface area contributed by atoms with Gasteiger partial charge in [0.05, 0.1) is 6.61 Å². The summed E-state index contributed by atoms with van der Waals surface area (Å²) in [5, 5.41) is 0. The van der Waals surface area contributed by atoms with Crippen LogP contribution < -0.4 is 4.74 Å². The monoisotopic (exact) mass is 458 g/mol. The molecular weight excluding hydrogens is 424 g/mol. The minimum absolute atomic E-state index is 0.154. The topological polar surface area (TPSA) is 34.2 Å². The fourth-order valence-electron chi connectivity index (χ4n) is 4.66. The Morgan fingerprint density at radius 2 is 1.26 bits per heavy atom. The Bertz CT molecular complexity index is 957. The zero-order valence-corrected chi connectivity index (χ0v) is 19.9. The summed E-state index contributed by atoms with van der Waals surface area (Å²) in [7, 11) is 2.19. The second-order valence-electron chi connectivity index (χ2n) is 9.18. The average molecular weight is 459 g/mol. The van der Waals surface area contributed by atoms with E-state index in [0.717, 1.165) is 68.2 Å². The number of hydrogen-bond donors (Lipinski definition) is 0. The van der Waals surface area contributed by atoms with Crippen LogP contribution in [0.15, 0.2) is 84.9 Å². The lowest BCUT2D eigenvalue weighted by Crippen LogP contribution is -2.44. The van der Waals surface area contributed by atoms with Crippen molar-refractivity contribution in [1.82, 2.24) is 9.80 Å². The molecule has 0 spiro atoms. The van der Waals surface area contributed by atoms with E-state index >= 15 is 0 Å². The maximum absolute atomic E-state index is 6.44. The number of likely N-dealkylation sites (N-methyl/N-ethyl adjacent to an activating group) is 1. The number of nitrogens with zero attached hydrogens (tertiary/aromatic N) is 2. The summed E-state index contributed by atoms with van der Waals surface area (Å²) < 4.78 is 18.9. The highest BCUT2D eigenvalue weighted by molar-refractivity contribution is 5.30. The minimum atomic E-state index is -0.415. The van der Waals surface area contributed by atoms with E-state index in [1.54, 1.807) is 0 Å². The van der Waals surface area contributed by atoms with E-state index in [4.69, 9.17) is 14.2 Å². The van der Waals surface area contributed by atoms with E-state index in [0.29, 0.717) is 0 Å². The normalized spacial score (nSPS) is 22.1. The van der Waals surface area contributed by atoms with Crippen LogP contribution in [0, 0.1) is 0 Å². The van der Waals surface area contributed by atoms with E-state index in [1.807, 2.05) is 48.5 Å². The van der Waals surface area contributed by atoms with Gasteiger partial charge in [-0.3, -0.25) is 0 Å². The standard InChI is InChI=1S/C29H34N2O3/c1-30-18-20-31(21-19-30)17-8-22-32-26-15-13-25(14-16-26)29-33-27(23-9-4-2-5-10-23)28(34-29)24-11-6-3-7-12-24/h2-7,9-16,27-29H,8,17-22H2,1H3/t27-,28-/m0/s1. The van der Waals surface area contributed by atoms with Gasteiger partial charge in [0.2, 0.25) is 0 Å². The van der Waals surface area contributed by atoms with Gasteiger partial charge in [0, 0.05) is 38.3 Å². The first kappa shape index (κ1) is 23.1. The van der Waals surface area contributed by atoms with Crippen LogP contribution in [0.5, 0.6) is 5.75 Å². The number of ether oxygens (including phenoxy) is 3. The highest BCUT2D eigenvalue weighted by Gasteiger charge is 2.38. The second-order valence-corrected chi connectivity index (χ2v) is 9.18. The maximum Gasteiger partial charge on any atom is 0.185 e. The van der Waals surface area contributed by atoms with Gasteiger partial charge in [-0.15, -0.1) is 0 Å². The Labute approximate surface area is 202 Å². The lowest BCUT2D eigenvalue weighted by Gasteiger charge is -2.32. The molecule has 2 aliphatic rings. The molecule has 3 aromatic rings. The van der Waals surface area contributed by atoms with Crippen LogP contribution in [-0.2, 0) is 9.47 Å². The Hall–Kier alpha value is -2.70. The van der Waals surface area contributed by atoms with E-state index < -0.39 is 6.29 Å². The van der Waals surface area contributed by atoms with Crippen molar-refractivity contribution in [3.8, 4) is 5.75 Å². The molecule has 2 saturated heterocycles. The number of benzene rings is 3. The van der Waals surface area contributed by atoms with Crippen LogP contribution in [0.1, 0.15) is 41.6 Å². The largest absolute Gasteiger partial charge is 0.494 e. The molecule has 2 heterocycles. The third-order valence-electron chi connectivity index (χ3n) is 6.71. The smallest absolute Gasteiger partial charge is 0.185 e. The quantitative estimate of drug-likeness (QED) is 0.432. The molecular formula is C29H34N2O3. The molecule has 5 rings (SSSR count). The molecule has 34 heavy (non-hydrogen) atoms. The van der Waals surface area contributed by atoms with Crippen LogP contribution in [0.2, 0.25) is 0 Å². The molecule has 0 N–H and O–H groups in total. The van der Waals surface area contributed by atoms with Gasteiger partial charge in [-0.05, 0) is 36.7 Å². The third kappa shape index (κ3) is 5.68. The zero-order chi connectivity index (χ0) is 23.2. The minimum Gasteiger partial charge on any atom is -0.494 e. The van der Waals surface area contributed by atoms with Crippen molar-refractivity contribution in [3.05, 3.63) is 102 Å². The second kappa shape index (κ2) is 11.2. The van der Waals surface area contributed by atoms with Crippen LogP contribution in [-0.4, -0.2) is 56.2 Å². The highest BCUT2D eigenvalue weighted by atomic mass is 16.7. The molecule has 0 aliphatic carbocycles. The Kier molecular flexibility index (Phi) is 7.56. The average Bonchev–Trinajstić information content (AvgIpc) is 3.35. The van der Waals surface area contributed by atoms with Crippen LogP contribution in [0.25, 0.3) is 0 Å². The molecule has 2 aliphatic heterocycles. The Morgan fingerprint density at radius 3 is 1.82 bits per heavy atom. The van der Waals surface area contributed by atoms with Gasteiger partial charge in [0.15, 0.2) is 6.29 Å². The molecule has 0 saturated carbocycles. The van der Waals surface area contributed by atoms with Crippen molar-refractivity contribution in [3.63, 3.8) is 0 Å². The van der Waals surface area contributed by atoms with E-state index in [2.05, 4.69) is 53.2 Å². The summed E-state index contributed by atoms with van der Waals surface area (Å²) in [5.74, 6) is 0.888. The summed E-state index contributed by atoms with van der Waals surface area (Å²) in [6, 6.07) is 28.8. The number of piperazine rings is 1. The van der Waals surface area contributed by atoms with Gasteiger partial charge in [-0.2, -0.15) is 0 Å². The molecule has 3 aromatic carbocycles. The van der Waals surface area contributed by atoms with E-state index in [9.17, 15) is 0 Å². The lowest BCUT2D eigenvalue weighted by atomic mass is 9.99. The van der Waals surface area contributed by atoms with Crippen LogP contribution in [0.3, 0.4) is 0 Å². The molecule has 0 unspecified atom stereocenters. The molecule has 5 nitrogen and oxygen atoms in total. The van der Waals surface area contributed by atoms with Gasteiger partial charge < -0.3 is 24.0 Å². The number of rotatable bonds is 8. The van der Waals surface area contributed by atoms with Crippen LogP contribution >= 0.6 is 0 Å². The highest BCUT2D eigenvalue weighted by Crippen LogP contribution is 2.47. The fraction of sp³-hybridized carbons (Fsp3) is 0.379. The first-order valence-electron chi connectivity index (χ1n) is 12.3. The first-order valence-corrected chi connectivity index (χ1v) is 12.3.